The van der Waals surface area contributed by atoms with Gasteiger partial charge in [-0.3, -0.25) is 9.36 Å². The number of nitrogens with zero attached hydrogens (tertiary/aromatic N) is 5. The molecule has 7 nitrogen and oxygen atoms in total. The van der Waals surface area contributed by atoms with E-state index in [0.717, 1.165) is 55.8 Å². The number of hydrogen-bond acceptors (Lipinski definition) is 6. The van der Waals surface area contributed by atoms with E-state index in [9.17, 15) is 4.79 Å². The van der Waals surface area contributed by atoms with Gasteiger partial charge in [0.2, 0.25) is 11.9 Å². The van der Waals surface area contributed by atoms with E-state index < -0.39 is 0 Å². The Morgan fingerprint density at radius 2 is 1.74 bits per heavy atom. The average Bonchev–Trinajstić information content (AvgIpc) is 3.18. The summed E-state index contributed by atoms with van der Waals surface area (Å²) in [6.45, 7) is 4.73. The summed E-state index contributed by atoms with van der Waals surface area (Å²) in [5.74, 6) is 1.40. The first kappa shape index (κ1) is 18.3. The molecule has 144 valence electrons. The van der Waals surface area contributed by atoms with E-state index in [0.29, 0.717) is 19.0 Å². The lowest BCUT2D eigenvalue weighted by molar-refractivity contribution is -0.129. The maximum atomic E-state index is 12.5. The Kier molecular flexibility index (Phi) is 5.94. The smallest absolute Gasteiger partial charge is 0.233 e. The maximum Gasteiger partial charge on any atom is 0.233 e. The summed E-state index contributed by atoms with van der Waals surface area (Å²) >= 11 is 1.47. The quantitative estimate of drug-likeness (QED) is 0.733. The average molecular weight is 388 g/mol. The van der Waals surface area contributed by atoms with Gasteiger partial charge in [-0.1, -0.05) is 30.0 Å². The molecular formula is C19H25N5O2S. The molecular weight excluding hydrogens is 362 g/mol. The van der Waals surface area contributed by atoms with E-state index >= 15 is 0 Å². The van der Waals surface area contributed by atoms with Crippen LogP contribution in [0.4, 0.5) is 5.95 Å². The van der Waals surface area contributed by atoms with Crippen molar-refractivity contribution < 1.29 is 9.53 Å². The third kappa shape index (κ3) is 4.27. The van der Waals surface area contributed by atoms with Crippen molar-refractivity contribution in [3.63, 3.8) is 0 Å². The summed E-state index contributed by atoms with van der Waals surface area (Å²) in [5.41, 5.74) is 1.01. The minimum atomic E-state index is 0.190. The van der Waals surface area contributed by atoms with Crippen LogP contribution < -0.4 is 4.90 Å². The highest BCUT2D eigenvalue weighted by atomic mass is 32.2. The van der Waals surface area contributed by atoms with Crippen LogP contribution in [0.15, 0.2) is 35.5 Å². The lowest BCUT2D eigenvalue weighted by Crippen LogP contribution is -2.38. The lowest BCUT2D eigenvalue weighted by atomic mass is 10.1. The molecule has 3 heterocycles. The standard InChI is InChI=1S/C19H25N5O2S/c25-17(22-9-5-2-6-10-22)15-27-19-21-20-18(23-11-13-26-14-12-23)24(19)16-7-3-1-4-8-16/h1,3-4,7-8H,2,5-6,9-15H2. The van der Waals surface area contributed by atoms with Crippen molar-refractivity contribution in [2.24, 2.45) is 0 Å². The number of ether oxygens (including phenoxy) is 1. The van der Waals surface area contributed by atoms with Crippen LogP contribution >= 0.6 is 11.8 Å². The fourth-order valence-corrected chi connectivity index (χ4v) is 4.34. The molecule has 1 amide bonds. The first-order valence-electron chi connectivity index (χ1n) is 9.57. The highest BCUT2D eigenvalue weighted by molar-refractivity contribution is 7.99. The van der Waals surface area contributed by atoms with E-state index in [1.807, 2.05) is 35.2 Å². The number of aromatic nitrogens is 3. The summed E-state index contributed by atoms with van der Waals surface area (Å²) in [5, 5.41) is 9.61. The van der Waals surface area contributed by atoms with Crippen LogP contribution in [-0.2, 0) is 9.53 Å². The normalized spacial score (nSPS) is 17.9. The molecule has 27 heavy (non-hydrogen) atoms. The van der Waals surface area contributed by atoms with Gasteiger partial charge in [-0.05, 0) is 31.4 Å². The molecule has 0 radical (unpaired) electrons. The summed E-state index contributed by atoms with van der Waals surface area (Å²) < 4.78 is 7.52. The molecule has 0 aliphatic carbocycles. The van der Waals surface area contributed by atoms with Crippen molar-refractivity contribution in [2.75, 3.05) is 50.0 Å². The van der Waals surface area contributed by atoms with Crippen molar-refractivity contribution in [1.29, 1.82) is 0 Å². The molecule has 2 aromatic rings. The second-order valence-electron chi connectivity index (χ2n) is 6.78. The van der Waals surface area contributed by atoms with E-state index in [1.54, 1.807) is 0 Å². The second-order valence-corrected chi connectivity index (χ2v) is 7.73. The van der Waals surface area contributed by atoms with Gasteiger partial charge < -0.3 is 14.5 Å². The zero-order valence-electron chi connectivity index (χ0n) is 15.4. The minimum absolute atomic E-state index is 0.190. The Morgan fingerprint density at radius 3 is 2.48 bits per heavy atom. The Bertz CT molecular complexity index is 755. The number of morpholine rings is 1. The molecule has 0 atom stereocenters. The number of hydrogen-bond donors (Lipinski definition) is 0. The van der Waals surface area contributed by atoms with E-state index in [4.69, 9.17) is 4.74 Å². The third-order valence-corrected chi connectivity index (χ3v) is 5.87. The number of piperidine rings is 1. The highest BCUT2D eigenvalue weighted by Crippen LogP contribution is 2.27. The predicted octanol–water partition coefficient (Wildman–Crippen LogP) is 2.21. The van der Waals surface area contributed by atoms with Gasteiger partial charge in [0.05, 0.1) is 24.7 Å². The molecule has 8 heteroatoms. The van der Waals surface area contributed by atoms with Crippen LogP contribution in [-0.4, -0.2) is 70.7 Å². The van der Waals surface area contributed by atoms with Gasteiger partial charge in [0.25, 0.3) is 0 Å². The first-order valence-corrected chi connectivity index (χ1v) is 10.6. The Labute approximate surface area is 163 Å². The van der Waals surface area contributed by atoms with Crippen molar-refractivity contribution in [3.05, 3.63) is 30.3 Å². The van der Waals surface area contributed by atoms with Crippen LogP contribution in [0.3, 0.4) is 0 Å². The van der Waals surface area contributed by atoms with Crippen molar-refractivity contribution in [1.82, 2.24) is 19.7 Å². The molecule has 2 aliphatic heterocycles. The van der Waals surface area contributed by atoms with Gasteiger partial charge in [0, 0.05) is 26.2 Å². The molecule has 2 aliphatic rings. The fourth-order valence-electron chi connectivity index (χ4n) is 3.49. The van der Waals surface area contributed by atoms with E-state index in [-0.39, 0.29) is 5.91 Å². The Balaban J connectivity index is 1.54. The molecule has 1 aromatic carbocycles. The molecule has 4 rings (SSSR count). The van der Waals surface area contributed by atoms with Crippen LogP contribution in [0.5, 0.6) is 0 Å². The highest BCUT2D eigenvalue weighted by Gasteiger charge is 2.23. The number of amides is 1. The SMILES string of the molecule is O=C(CSc1nnc(N2CCOCC2)n1-c1ccccc1)N1CCCCC1. The van der Waals surface area contributed by atoms with Gasteiger partial charge in [0.1, 0.15) is 0 Å². The van der Waals surface area contributed by atoms with Crippen molar-refractivity contribution in [3.8, 4) is 5.69 Å². The fraction of sp³-hybridized carbons (Fsp3) is 0.526. The summed E-state index contributed by atoms with van der Waals surface area (Å²) in [7, 11) is 0. The number of anilines is 1. The van der Waals surface area contributed by atoms with Crippen LogP contribution in [0.2, 0.25) is 0 Å². The maximum absolute atomic E-state index is 12.5. The second kappa shape index (κ2) is 8.75. The third-order valence-electron chi connectivity index (χ3n) is 4.96. The molecule has 1 aromatic heterocycles. The minimum Gasteiger partial charge on any atom is -0.378 e. The molecule has 0 N–H and O–H groups in total. The van der Waals surface area contributed by atoms with Gasteiger partial charge >= 0.3 is 0 Å². The number of carbonyl (C=O) groups excluding carboxylic acids is 1. The molecule has 0 spiro atoms. The lowest BCUT2D eigenvalue weighted by Gasteiger charge is -2.28. The molecule has 0 bridgehead atoms. The number of benzene rings is 1. The van der Waals surface area contributed by atoms with Crippen LogP contribution in [0, 0.1) is 0 Å². The molecule has 2 saturated heterocycles. The number of likely N-dealkylation sites (tertiary alicyclic amines) is 1. The summed E-state index contributed by atoms with van der Waals surface area (Å²) in [6.07, 6.45) is 3.44. The summed E-state index contributed by atoms with van der Waals surface area (Å²) in [6, 6.07) is 10.1. The molecule has 0 unspecified atom stereocenters. The molecule has 0 saturated carbocycles. The van der Waals surface area contributed by atoms with Crippen LogP contribution in [0.1, 0.15) is 19.3 Å². The monoisotopic (exact) mass is 387 g/mol. The Hall–Kier alpha value is -2.06. The zero-order valence-corrected chi connectivity index (χ0v) is 16.2. The van der Waals surface area contributed by atoms with Crippen molar-refractivity contribution >= 4 is 23.6 Å². The van der Waals surface area contributed by atoms with E-state index in [2.05, 4.69) is 19.7 Å². The predicted molar refractivity (Wildman–Crippen MR) is 106 cm³/mol. The number of rotatable bonds is 5. The first-order chi connectivity index (χ1) is 13.3. The van der Waals surface area contributed by atoms with Gasteiger partial charge in [0.15, 0.2) is 5.16 Å². The van der Waals surface area contributed by atoms with E-state index in [1.165, 1.54) is 18.2 Å². The Morgan fingerprint density at radius 1 is 1.00 bits per heavy atom. The number of thioether (sulfide) groups is 1. The van der Waals surface area contributed by atoms with Crippen molar-refractivity contribution in [2.45, 2.75) is 24.4 Å². The summed E-state index contributed by atoms with van der Waals surface area (Å²) in [4.78, 5) is 16.7. The van der Waals surface area contributed by atoms with Gasteiger partial charge in [-0.2, -0.15) is 0 Å². The molecule has 2 fully saturated rings. The van der Waals surface area contributed by atoms with Crippen LogP contribution in [0.25, 0.3) is 5.69 Å². The van der Waals surface area contributed by atoms with Gasteiger partial charge in [-0.15, -0.1) is 10.2 Å². The van der Waals surface area contributed by atoms with Gasteiger partial charge in [-0.25, -0.2) is 0 Å². The largest absolute Gasteiger partial charge is 0.378 e. The number of carbonyl (C=O) groups is 1. The topological polar surface area (TPSA) is 63.5 Å². The number of para-hydroxylation sites is 1. The zero-order chi connectivity index (χ0) is 18.5.